The Bertz CT molecular complexity index is 162. The van der Waals surface area contributed by atoms with Crippen LogP contribution < -0.4 is 0 Å². The average Bonchev–Trinajstić information content (AvgIpc) is 2.32. The molecule has 72 valence electrons. The summed E-state index contributed by atoms with van der Waals surface area (Å²) >= 11 is 3.50. The van der Waals surface area contributed by atoms with Crippen LogP contribution in [-0.2, 0) is 4.74 Å². The average molecular weight is 235 g/mol. The predicted octanol–water partition coefficient (Wildman–Crippen LogP) is 3.37. The Balaban J connectivity index is 2.57. The van der Waals surface area contributed by atoms with E-state index < -0.39 is 0 Å². The Morgan fingerprint density at radius 3 is 2.33 bits per heavy atom. The third-order valence-corrected chi connectivity index (χ3v) is 3.80. The van der Waals surface area contributed by atoms with Crippen LogP contribution in [0.25, 0.3) is 0 Å². The number of rotatable bonds is 1. The lowest BCUT2D eigenvalue weighted by atomic mass is 9.87. The minimum absolute atomic E-state index is 0.0813. The maximum absolute atomic E-state index is 6.02. The van der Waals surface area contributed by atoms with Crippen molar-refractivity contribution in [3.05, 3.63) is 0 Å². The smallest absolute Gasteiger partial charge is 0.0755 e. The highest BCUT2D eigenvalue weighted by Gasteiger charge is 2.40. The molecule has 2 unspecified atom stereocenters. The lowest BCUT2D eigenvalue weighted by Crippen LogP contribution is -2.32. The molecule has 0 aromatic heterocycles. The molecule has 1 heterocycles. The van der Waals surface area contributed by atoms with Crippen molar-refractivity contribution in [1.82, 2.24) is 0 Å². The quantitative estimate of drug-likeness (QED) is 0.633. The van der Waals surface area contributed by atoms with Crippen LogP contribution >= 0.6 is 15.9 Å². The van der Waals surface area contributed by atoms with Crippen molar-refractivity contribution in [2.24, 2.45) is 5.41 Å². The third-order valence-electron chi connectivity index (χ3n) is 2.61. The third kappa shape index (κ3) is 2.23. The number of alkyl halides is 1. The van der Waals surface area contributed by atoms with Crippen LogP contribution in [0.2, 0.25) is 0 Å². The molecule has 0 aromatic rings. The lowest BCUT2D eigenvalue weighted by molar-refractivity contribution is -0.0572. The van der Waals surface area contributed by atoms with E-state index in [4.69, 9.17) is 4.74 Å². The molecular weight excluding hydrogens is 216 g/mol. The van der Waals surface area contributed by atoms with Crippen molar-refractivity contribution >= 4 is 15.9 Å². The maximum Gasteiger partial charge on any atom is 0.0755 e. The Morgan fingerprint density at radius 1 is 1.50 bits per heavy atom. The first kappa shape index (κ1) is 10.5. The van der Waals surface area contributed by atoms with Gasteiger partial charge in [-0.3, -0.25) is 0 Å². The Kier molecular flexibility index (Phi) is 2.89. The molecule has 1 saturated heterocycles. The van der Waals surface area contributed by atoms with E-state index in [0.29, 0.717) is 11.5 Å². The molecule has 0 N–H and O–H groups in total. The summed E-state index contributed by atoms with van der Waals surface area (Å²) in [6.07, 6.45) is 2.81. The molecule has 0 bridgehead atoms. The summed E-state index contributed by atoms with van der Waals surface area (Å²) in [5.74, 6) is 0. The normalized spacial score (nSPS) is 37.2. The van der Waals surface area contributed by atoms with E-state index in [1.165, 1.54) is 12.8 Å². The molecule has 12 heavy (non-hydrogen) atoms. The van der Waals surface area contributed by atoms with Crippen LogP contribution in [0.5, 0.6) is 0 Å². The zero-order valence-electron chi connectivity index (χ0n) is 8.48. The van der Waals surface area contributed by atoms with Gasteiger partial charge in [0.25, 0.3) is 0 Å². The fourth-order valence-corrected chi connectivity index (χ4v) is 2.02. The van der Waals surface area contributed by atoms with Crippen molar-refractivity contribution in [3.63, 3.8) is 0 Å². The minimum atomic E-state index is 0.0813. The molecule has 0 spiro atoms. The number of halogens is 1. The van der Waals surface area contributed by atoms with Crippen molar-refractivity contribution in [3.8, 4) is 0 Å². The van der Waals surface area contributed by atoms with Gasteiger partial charge in [0.05, 0.1) is 11.7 Å². The Hall–Kier alpha value is 0.440. The van der Waals surface area contributed by atoms with Gasteiger partial charge < -0.3 is 4.74 Å². The molecule has 1 aliphatic rings. The largest absolute Gasteiger partial charge is 0.371 e. The number of hydrogen-bond acceptors (Lipinski definition) is 1. The van der Waals surface area contributed by atoms with Gasteiger partial charge in [-0.1, -0.05) is 36.7 Å². The molecule has 0 radical (unpaired) electrons. The zero-order chi connectivity index (χ0) is 9.41. The fourth-order valence-electron chi connectivity index (χ4n) is 1.61. The summed E-state index contributed by atoms with van der Waals surface area (Å²) in [4.78, 5) is 0. The van der Waals surface area contributed by atoms with Gasteiger partial charge in [0, 0.05) is 5.33 Å². The maximum atomic E-state index is 6.02. The Morgan fingerprint density at radius 2 is 2.08 bits per heavy atom. The summed E-state index contributed by atoms with van der Waals surface area (Å²) in [5, 5.41) is 0.951. The minimum Gasteiger partial charge on any atom is -0.371 e. The SMILES string of the molecule is CC1(CBr)CCC(C(C)(C)C)O1. The molecule has 0 aliphatic carbocycles. The van der Waals surface area contributed by atoms with Gasteiger partial charge in [-0.2, -0.15) is 0 Å². The van der Waals surface area contributed by atoms with Gasteiger partial charge in [0.2, 0.25) is 0 Å². The number of hydrogen-bond donors (Lipinski definition) is 0. The van der Waals surface area contributed by atoms with Crippen molar-refractivity contribution in [1.29, 1.82) is 0 Å². The highest BCUT2D eigenvalue weighted by molar-refractivity contribution is 9.09. The lowest BCUT2D eigenvalue weighted by Gasteiger charge is -2.29. The van der Waals surface area contributed by atoms with Crippen LogP contribution in [0.1, 0.15) is 40.5 Å². The monoisotopic (exact) mass is 234 g/mol. The van der Waals surface area contributed by atoms with Crippen molar-refractivity contribution in [2.45, 2.75) is 52.2 Å². The van der Waals surface area contributed by atoms with E-state index >= 15 is 0 Å². The van der Waals surface area contributed by atoms with Crippen molar-refractivity contribution < 1.29 is 4.74 Å². The van der Waals surface area contributed by atoms with Crippen LogP contribution in [0.3, 0.4) is 0 Å². The highest BCUT2D eigenvalue weighted by Crippen LogP contribution is 2.39. The van der Waals surface area contributed by atoms with E-state index in [9.17, 15) is 0 Å². The van der Waals surface area contributed by atoms with E-state index in [0.717, 1.165) is 5.33 Å². The van der Waals surface area contributed by atoms with Gasteiger partial charge in [0.15, 0.2) is 0 Å². The van der Waals surface area contributed by atoms with E-state index in [1.807, 2.05) is 0 Å². The van der Waals surface area contributed by atoms with Gasteiger partial charge >= 0.3 is 0 Å². The summed E-state index contributed by atoms with van der Waals surface area (Å²) in [7, 11) is 0. The molecule has 2 atom stereocenters. The van der Waals surface area contributed by atoms with E-state index in [2.05, 4.69) is 43.6 Å². The van der Waals surface area contributed by atoms with Gasteiger partial charge in [-0.05, 0) is 25.2 Å². The fraction of sp³-hybridized carbons (Fsp3) is 1.00. The van der Waals surface area contributed by atoms with E-state index in [-0.39, 0.29) is 5.60 Å². The topological polar surface area (TPSA) is 9.23 Å². The van der Waals surface area contributed by atoms with Crippen LogP contribution in [0, 0.1) is 5.41 Å². The van der Waals surface area contributed by atoms with Crippen LogP contribution in [0.4, 0.5) is 0 Å². The molecule has 1 nitrogen and oxygen atoms in total. The molecule has 0 saturated carbocycles. The summed E-state index contributed by atoms with van der Waals surface area (Å²) in [5.41, 5.74) is 0.373. The predicted molar refractivity (Wildman–Crippen MR) is 55.8 cm³/mol. The van der Waals surface area contributed by atoms with Crippen molar-refractivity contribution in [2.75, 3.05) is 5.33 Å². The van der Waals surface area contributed by atoms with Gasteiger partial charge in [0.1, 0.15) is 0 Å². The molecular formula is C10H19BrO. The first-order valence-corrected chi connectivity index (χ1v) is 5.73. The second kappa shape index (κ2) is 3.30. The van der Waals surface area contributed by atoms with Gasteiger partial charge in [-0.15, -0.1) is 0 Å². The molecule has 1 fully saturated rings. The first-order valence-electron chi connectivity index (χ1n) is 4.61. The second-order valence-electron chi connectivity index (χ2n) is 5.09. The van der Waals surface area contributed by atoms with E-state index in [1.54, 1.807) is 0 Å². The van der Waals surface area contributed by atoms with Crippen LogP contribution in [-0.4, -0.2) is 17.0 Å². The number of ether oxygens (including phenoxy) is 1. The molecule has 1 rings (SSSR count). The summed E-state index contributed by atoms with van der Waals surface area (Å²) in [6.45, 7) is 8.93. The zero-order valence-corrected chi connectivity index (χ0v) is 10.1. The molecule has 1 aliphatic heterocycles. The summed E-state index contributed by atoms with van der Waals surface area (Å²) in [6, 6.07) is 0. The van der Waals surface area contributed by atoms with Gasteiger partial charge in [-0.25, -0.2) is 0 Å². The standard InChI is InChI=1S/C10H19BrO/c1-9(2,3)8-5-6-10(4,7-11)12-8/h8H,5-7H2,1-4H3. The molecule has 0 amide bonds. The molecule has 2 heteroatoms. The first-order chi connectivity index (χ1) is 5.37. The Labute approximate surface area is 84.0 Å². The second-order valence-corrected chi connectivity index (χ2v) is 5.66. The highest BCUT2D eigenvalue weighted by atomic mass is 79.9. The van der Waals surface area contributed by atoms with Crippen LogP contribution in [0.15, 0.2) is 0 Å². The molecule has 0 aromatic carbocycles. The summed E-state index contributed by atoms with van der Waals surface area (Å²) < 4.78 is 6.02.